The lowest BCUT2D eigenvalue weighted by atomic mass is 10.3. The van der Waals surface area contributed by atoms with Crippen molar-refractivity contribution in [2.45, 2.75) is 52.0 Å². The van der Waals surface area contributed by atoms with Gasteiger partial charge in [-0.05, 0) is 33.6 Å². The molecular weight excluding hydrogens is 220 g/mol. The van der Waals surface area contributed by atoms with Crippen molar-refractivity contribution >= 4 is 5.91 Å². The number of ether oxygens (including phenoxy) is 2. The fourth-order valence-corrected chi connectivity index (χ4v) is 1.46. The van der Waals surface area contributed by atoms with Crippen LogP contribution in [0.2, 0.25) is 0 Å². The number of carbonyl (C=O) groups is 1. The first-order valence-corrected chi connectivity index (χ1v) is 6.44. The second kappa shape index (κ2) is 7.63. The molecule has 1 amide bonds. The van der Waals surface area contributed by atoms with E-state index >= 15 is 0 Å². The zero-order chi connectivity index (χ0) is 12.7. The Morgan fingerprint density at radius 2 is 1.88 bits per heavy atom. The highest BCUT2D eigenvalue weighted by Crippen LogP contribution is 2.18. The highest BCUT2D eigenvalue weighted by molar-refractivity contribution is 5.81. The third kappa shape index (κ3) is 6.00. The molecule has 2 N–H and O–H groups in total. The van der Waals surface area contributed by atoms with Gasteiger partial charge in [0.15, 0.2) is 6.29 Å². The quantitative estimate of drug-likeness (QED) is 0.584. The second-order valence-electron chi connectivity index (χ2n) is 4.25. The number of amides is 1. The molecule has 0 heterocycles. The van der Waals surface area contributed by atoms with Crippen molar-refractivity contribution in [3.05, 3.63) is 0 Å². The SMILES string of the molecule is CCOC(CNC(C)C(=O)NC1CC1)OCC. The van der Waals surface area contributed by atoms with Gasteiger partial charge in [-0.25, -0.2) is 0 Å². The Morgan fingerprint density at radius 1 is 1.29 bits per heavy atom. The van der Waals surface area contributed by atoms with Gasteiger partial charge in [0.2, 0.25) is 5.91 Å². The van der Waals surface area contributed by atoms with Crippen molar-refractivity contribution < 1.29 is 14.3 Å². The van der Waals surface area contributed by atoms with E-state index in [9.17, 15) is 4.79 Å². The van der Waals surface area contributed by atoms with E-state index < -0.39 is 0 Å². The van der Waals surface area contributed by atoms with Crippen LogP contribution in [0.5, 0.6) is 0 Å². The summed E-state index contributed by atoms with van der Waals surface area (Å²) in [5.41, 5.74) is 0. The molecule has 1 aliphatic rings. The third-order valence-corrected chi connectivity index (χ3v) is 2.61. The molecule has 0 aliphatic heterocycles. The van der Waals surface area contributed by atoms with Crippen LogP contribution >= 0.6 is 0 Å². The Labute approximate surface area is 103 Å². The lowest BCUT2D eigenvalue weighted by Crippen LogP contribution is -2.46. The predicted molar refractivity (Wildman–Crippen MR) is 65.7 cm³/mol. The van der Waals surface area contributed by atoms with Crippen LogP contribution in [0.3, 0.4) is 0 Å². The number of carbonyl (C=O) groups excluding carboxylic acids is 1. The molecule has 5 nitrogen and oxygen atoms in total. The van der Waals surface area contributed by atoms with Crippen LogP contribution < -0.4 is 10.6 Å². The Morgan fingerprint density at radius 3 is 2.35 bits per heavy atom. The van der Waals surface area contributed by atoms with Crippen LogP contribution in [-0.4, -0.2) is 44.0 Å². The molecule has 0 saturated heterocycles. The van der Waals surface area contributed by atoms with Gasteiger partial charge in [-0.15, -0.1) is 0 Å². The topological polar surface area (TPSA) is 59.6 Å². The third-order valence-electron chi connectivity index (χ3n) is 2.61. The van der Waals surface area contributed by atoms with Crippen LogP contribution in [0, 0.1) is 0 Å². The molecule has 1 fully saturated rings. The molecule has 5 heteroatoms. The van der Waals surface area contributed by atoms with Gasteiger partial charge >= 0.3 is 0 Å². The van der Waals surface area contributed by atoms with Crippen molar-refractivity contribution in [3.8, 4) is 0 Å². The number of hydrogen-bond acceptors (Lipinski definition) is 4. The Hall–Kier alpha value is -0.650. The summed E-state index contributed by atoms with van der Waals surface area (Å²) in [6.45, 7) is 7.45. The Balaban J connectivity index is 2.18. The first-order chi connectivity index (χ1) is 8.17. The molecule has 0 aromatic carbocycles. The lowest BCUT2D eigenvalue weighted by Gasteiger charge is -2.20. The van der Waals surface area contributed by atoms with Crippen LogP contribution in [0.4, 0.5) is 0 Å². The maximum absolute atomic E-state index is 11.7. The number of rotatable bonds is 9. The van der Waals surface area contributed by atoms with Crippen LogP contribution in [-0.2, 0) is 14.3 Å². The van der Waals surface area contributed by atoms with Gasteiger partial charge in [0, 0.05) is 25.8 Å². The lowest BCUT2D eigenvalue weighted by molar-refractivity contribution is -0.136. The van der Waals surface area contributed by atoms with E-state index in [1.165, 1.54) is 0 Å². The normalized spacial score (nSPS) is 17.2. The second-order valence-corrected chi connectivity index (χ2v) is 4.25. The summed E-state index contributed by atoms with van der Waals surface area (Å²) in [5.74, 6) is 0.0549. The van der Waals surface area contributed by atoms with Crippen LogP contribution in [0.1, 0.15) is 33.6 Å². The van der Waals surface area contributed by atoms with Crippen molar-refractivity contribution in [1.29, 1.82) is 0 Å². The van der Waals surface area contributed by atoms with Gasteiger partial charge in [0.1, 0.15) is 0 Å². The summed E-state index contributed by atoms with van der Waals surface area (Å²) in [4.78, 5) is 11.7. The number of hydrogen-bond donors (Lipinski definition) is 2. The summed E-state index contributed by atoms with van der Waals surface area (Å²) < 4.78 is 10.8. The molecule has 0 aromatic heterocycles. The van der Waals surface area contributed by atoms with E-state index in [0.717, 1.165) is 12.8 Å². The van der Waals surface area contributed by atoms with Crippen LogP contribution in [0.15, 0.2) is 0 Å². The van der Waals surface area contributed by atoms with Gasteiger partial charge in [-0.3, -0.25) is 4.79 Å². The smallest absolute Gasteiger partial charge is 0.237 e. The summed E-state index contributed by atoms with van der Waals surface area (Å²) >= 11 is 0. The average molecular weight is 244 g/mol. The van der Waals surface area contributed by atoms with Crippen molar-refractivity contribution in [2.75, 3.05) is 19.8 Å². The maximum atomic E-state index is 11.7. The van der Waals surface area contributed by atoms with E-state index in [4.69, 9.17) is 9.47 Å². The first kappa shape index (κ1) is 14.4. The van der Waals surface area contributed by atoms with Crippen molar-refractivity contribution in [2.24, 2.45) is 0 Å². The minimum Gasteiger partial charge on any atom is -0.352 e. The molecule has 0 aromatic rings. The molecule has 0 bridgehead atoms. The van der Waals surface area contributed by atoms with Crippen molar-refractivity contribution in [3.63, 3.8) is 0 Å². The molecule has 1 atom stereocenters. The first-order valence-electron chi connectivity index (χ1n) is 6.44. The molecule has 100 valence electrons. The zero-order valence-electron chi connectivity index (χ0n) is 11.0. The highest BCUT2D eigenvalue weighted by atomic mass is 16.7. The minimum atomic E-state index is -0.277. The molecule has 17 heavy (non-hydrogen) atoms. The molecule has 1 aliphatic carbocycles. The van der Waals surface area contributed by atoms with E-state index in [1.807, 2.05) is 20.8 Å². The highest BCUT2D eigenvalue weighted by Gasteiger charge is 2.25. The molecule has 0 radical (unpaired) electrons. The predicted octanol–water partition coefficient (Wildman–Crippen LogP) is 0.642. The summed E-state index contributed by atoms with van der Waals surface area (Å²) in [5, 5.41) is 6.08. The van der Waals surface area contributed by atoms with Gasteiger partial charge in [-0.1, -0.05) is 0 Å². The van der Waals surface area contributed by atoms with Crippen LogP contribution in [0.25, 0.3) is 0 Å². The van der Waals surface area contributed by atoms with E-state index in [0.29, 0.717) is 25.8 Å². The Kier molecular flexibility index (Phi) is 6.47. The minimum absolute atomic E-state index is 0.0549. The molecule has 1 saturated carbocycles. The van der Waals surface area contributed by atoms with Gasteiger partial charge < -0.3 is 20.1 Å². The van der Waals surface area contributed by atoms with Gasteiger partial charge in [-0.2, -0.15) is 0 Å². The number of nitrogens with one attached hydrogen (secondary N) is 2. The standard InChI is InChI=1S/C12H24N2O3/c1-4-16-11(17-5-2)8-13-9(3)12(15)14-10-6-7-10/h9-11,13H,4-8H2,1-3H3,(H,14,15). The fourth-order valence-electron chi connectivity index (χ4n) is 1.46. The van der Waals surface area contributed by atoms with E-state index in [1.54, 1.807) is 0 Å². The molecule has 1 rings (SSSR count). The van der Waals surface area contributed by atoms with Gasteiger partial charge in [0.05, 0.1) is 6.04 Å². The van der Waals surface area contributed by atoms with Gasteiger partial charge in [0.25, 0.3) is 0 Å². The largest absolute Gasteiger partial charge is 0.352 e. The summed E-state index contributed by atoms with van der Waals surface area (Å²) in [6, 6.07) is 0.195. The van der Waals surface area contributed by atoms with E-state index in [2.05, 4.69) is 10.6 Å². The Bertz CT molecular complexity index is 226. The van der Waals surface area contributed by atoms with Crippen molar-refractivity contribution in [1.82, 2.24) is 10.6 Å². The maximum Gasteiger partial charge on any atom is 0.237 e. The summed E-state index contributed by atoms with van der Waals surface area (Å²) in [7, 11) is 0. The molecule has 1 unspecified atom stereocenters. The zero-order valence-corrected chi connectivity index (χ0v) is 11.0. The fraction of sp³-hybridized carbons (Fsp3) is 0.917. The summed E-state index contributed by atoms with van der Waals surface area (Å²) in [6.07, 6.45) is 1.94. The molecule has 0 spiro atoms. The van der Waals surface area contributed by atoms with E-state index in [-0.39, 0.29) is 18.2 Å². The molecular formula is C12H24N2O3. The monoisotopic (exact) mass is 244 g/mol. The average Bonchev–Trinajstić information content (AvgIpc) is 3.10.